The van der Waals surface area contributed by atoms with Gasteiger partial charge in [0.25, 0.3) is 5.69 Å². The smallest absolute Gasteiger partial charge is 0.286 e. The van der Waals surface area contributed by atoms with E-state index < -0.39 is 15.5 Å². The first kappa shape index (κ1) is 14.4. The number of hydrazone groups is 1. The number of nitrogens with zero attached hydrogens (tertiary/aromatic N) is 4. The average Bonchev–Trinajstić information content (AvgIpc) is 3.09. The number of nitro groups is 2. The molecule has 0 atom stereocenters. The van der Waals surface area contributed by atoms with E-state index in [9.17, 15) is 25.0 Å². The quantitative estimate of drug-likeness (QED) is 0.679. The van der Waals surface area contributed by atoms with Gasteiger partial charge in [-0.1, -0.05) is 0 Å². The molecule has 10 nitrogen and oxygen atoms in total. The van der Waals surface area contributed by atoms with E-state index in [-0.39, 0.29) is 23.7 Å². The zero-order valence-electron chi connectivity index (χ0n) is 11.5. The molecule has 0 spiro atoms. The van der Waals surface area contributed by atoms with Crippen LogP contribution < -0.4 is 5.43 Å². The summed E-state index contributed by atoms with van der Waals surface area (Å²) in [4.78, 5) is 32.0. The number of carbonyl (C=O) groups excluding carboxylic acids is 1. The molecule has 0 unspecified atom stereocenters. The molecule has 10 heteroatoms. The minimum Gasteiger partial charge on any atom is -0.286 e. The van der Waals surface area contributed by atoms with Crippen LogP contribution in [0.5, 0.6) is 0 Å². The van der Waals surface area contributed by atoms with Crippen LogP contribution in [-0.4, -0.2) is 26.0 Å². The van der Waals surface area contributed by atoms with Gasteiger partial charge in [0.2, 0.25) is 5.91 Å². The molecule has 1 aromatic carbocycles. The van der Waals surface area contributed by atoms with Crippen molar-refractivity contribution in [2.24, 2.45) is 5.10 Å². The topological polar surface area (TPSA) is 133 Å². The maximum atomic E-state index is 11.7. The molecular formula is C13H9N5O5. The van der Waals surface area contributed by atoms with Gasteiger partial charge in [0, 0.05) is 12.3 Å². The van der Waals surface area contributed by atoms with Crippen molar-refractivity contribution in [1.29, 1.82) is 0 Å². The Kier molecular flexibility index (Phi) is 3.33. The summed E-state index contributed by atoms with van der Waals surface area (Å²) in [5, 5.41) is 25.8. The predicted octanol–water partition coefficient (Wildman–Crippen LogP) is 2.16. The fourth-order valence-electron chi connectivity index (χ4n) is 2.26. The van der Waals surface area contributed by atoms with E-state index in [1.807, 2.05) is 0 Å². The van der Waals surface area contributed by atoms with E-state index in [2.05, 4.69) is 10.5 Å². The van der Waals surface area contributed by atoms with Gasteiger partial charge in [0.1, 0.15) is 5.69 Å². The van der Waals surface area contributed by atoms with Crippen molar-refractivity contribution in [2.75, 3.05) is 5.43 Å². The zero-order valence-corrected chi connectivity index (χ0v) is 11.5. The van der Waals surface area contributed by atoms with Crippen molar-refractivity contribution in [3.05, 3.63) is 62.5 Å². The second kappa shape index (κ2) is 5.33. The monoisotopic (exact) mass is 315 g/mol. The van der Waals surface area contributed by atoms with Crippen molar-refractivity contribution >= 4 is 28.7 Å². The third-order valence-electron chi connectivity index (χ3n) is 3.33. The van der Waals surface area contributed by atoms with Crippen molar-refractivity contribution in [3.63, 3.8) is 0 Å². The molecule has 0 saturated heterocycles. The van der Waals surface area contributed by atoms with Gasteiger partial charge < -0.3 is 0 Å². The molecule has 116 valence electrons. The average molecular weight is 315 g/mol. The number of anilines is 1. The van der Waals surface area contributed by atoms with Gasteiger partial charge in [-0.25, -0.2) is 0 Å². The first-order valence-electron chi connectivity index (χ1n) is 6.43. The van der Waals surface area contributed by atoms with Gasteiger partial charge in [-0.3, -0.25) is 35.0 Å². The number of aromatic nitrogens is 1. The third kappa shape index (κ3) is 2.52. The van der Waals surface area contributed by atoms with Crippen LogP contribution in [0.3, 0.4) is 0 Å². The third-order valence-corrected chi connectivity index (χ3v) is 3.33. The highest BCUT2D eigenvalue weighted by Gasteiger charge is 2.25. The normalized spacial score (nSPS) is 14.8. The number of nitrogens with one attached hydrogen (secondary N) is 1. The fraction of sp³-hybridized carbons (Fsp3) is 0.0769. The van der Waals surface area contributed by atoms with E-state index in [0.717, 1.165) is 12.1 Å². The molecule has 1 aromatic heterocycles. The summed E-state index contributed by atoms with van der Waals surface area (Å²) in [5.74, 6) is -0.149. The zero-order chi connectivity index (χ0) is 16.6. The first-order valence-corrected chi connectivity index (χ1v) is 6.43. The number of fused-ring (bicyclic) bond motifs is 1. The molecule has 2 heterocycles. The van der Waals surface area contributed by atoms with E-state index in [4.69, 9.17) is 0 Å². The van der Waals surface area contributed by atoms with Crippen LogP contribution in [0, 0.1) is 20.2 Å². The van der Waals surface area contributed by atoms with Crippen LogP contribution in [0.25, 0.3) is 0 Å². The van der Waals surface area contributed by atoms with Crippen molar-refractivity contribution in [2.45, 2.75) is 6.42 Å². The molecule has 1 N–H and O–H groups in total. The standard InChI is InChI=1S/C13H9N5O5/c19-13-7-10(11-2-1-5-16(11)13)15-14-9-4-3-8(17(20)21)6-12(9)18(22)23/h1-6,14H,7H2/b15-10+. The number of rotatable bonds is 4. The number of hydrogen-bond donors (Lipinski definition) is 1. The fourth-order valence-corrected chi connectivity index (χ4v) is 2.26. The lowest BCUT2D eigenvalue weighted by Crippen LogP contribution is -2.03. The number of hydrogen-bond acceptors (Lipinski definition) is 7. The van der Waals surface area contributed by atoms with E-state index in [1.54, 1.807) is 18.3 Å². The Balaban J connectivity index is 1.92. The van der Waals surface area contributed by atoms with Gasteiger partial charge in [0.05, 0.1) is 33.7 Å². The minimum atomic E-state index is -0.738. The lowest BCUT2D eigenvalue weighted by Gasteiger charge is -2.03. The van der Waals surface area contributed by atoms with E-state index >= 15 is 0 Å². The molecule has 1 aliphatic heterocycles. The molecular weight excluding hydrogens is 306 g/mol. The van der Waals surface area contributed by atoms with Crippen LogP contribution in [0.15, 0.2) is 41.6 Å². The number of benzene rings is 1. The number of carbonyl (C=O) groups is 1. The summed E-state index contributed by atoms with van der Waals surface area (Å²) in [6.07, 6.45) is 1.68. The van der Waals surface area contributed by atoms with Crippen LogP contribution in [0.2, 0.25) is 0 Å². The molecule has 0 amide bonds. The summed E-state index contributed by atoms with van der Waals surface area (Å²) >= 11 is 0. The largest absolute Gasteiger partial charge is 0.301 e. The highest BCUT2D eigenvalue weighted by molar-refractivity contribution is 6.17. The van der Waals surface area contributed by atoms with Gasteiger partial charge in [-0.15, -0.1) is 0 Å². The van der Waals surface area contributed by atoms with Crippen molar-refractivity contribution in [3.8, 4) is 0 Å². The summed E-state index contributed by atoms with van der Waals surface area (Å²) in [6.45, 7) is 0. The first-order chi connectivity index (χ1) is 11.0. The minimum absolute atomic E-state index is 0.00514. The number of nitro benzene ring substituents is 2. The molecule has 0 bridgehead atoms. The molecule has 0 fully saturated rings. The van der Waals surface area contributed by atoms with Crippen LogP contribution in [-0.2, 0) is 0 Å². The number of non-ortho nitro benzene ring substituents is 1. The van der Waals surface area contributed by atoms with Crippen molar-refractivity contribution < 1.29 is 14.6 Å². The highest BCUT2D eigenvalue weighted by atomic mass is 16.6. The highest BCUT2D eigenvalue weighted by Crippen LogP contribution is 2.29. The molecule has 0 aliphatic carbocycles. The SMILES string of the molecule is O=C1C/C(=N\Nc2ccc([N+](=O)[O-])cc2[N+](=O)[O-])c2cccn21. The predicted molar refractivity (Wildman–Crippen MR) is 79.6 cm³/mol. The molecule has 2 aromatic rings. The lowest BCUT2D eigenvalue weighted by atomic mass is 10.2. The van der Waals surface area contributed by atoms with E-state index in [1.165, 1.54) is 10.6 Å². The summed E-state index contributed by atoms with van der Waals surface area (Å²) in [5.41, 5.74) is 2.70. The second-order valence-corrected chi connectivity index (χ2v) is 4.72. The van der Waals surface area contributed by atoms with Gasteiger partial charge in [0.15, 0.2) is 0 Å². The summed E-state index contributed by atoms with van der Waals surface area (Å²) in [7, 11) is 0. The lowest BCUT2D eigenvalue weighted by molar-refractivity contribution is -0.393. The van der Waals surface area contributed by atoms with Gasteiger partial charge in [-0.05, 0) is 18.2 Å². The van der Waals surface area contributed by atoms with Crippen LogP contribution >= 0.6 is 0 Å². The maximum absolute atomic E-state index is 11.7. The van der Waals surface area contributed by atoms with Crippen LogP contribution in [0.1, 0.15) is 16.9 Å². The Morgan fingerprint density at radius 2 is 1.96 bits per heavy atom. The van der Waals surface area contributed by atoms with Gasteiger partial charge >= 0.3 is 5.69 Å². The maximum Gasteiger partial charge on any atom is 0.301 e. The summed E-state index contributed by atoms with van der Waals surface area (Å²) in [6, 6.07) is 6.59. The molecule has 1 aliphatic rings. The van der Waals surface area contributed by atoms with Crippen LogP contribution in [0.4, 0.5) is 17.1 Å². The summed E-state index contributed by atoms with van der Waals surface area (Å²) < 4.78 is 1.44. The Bertz CT molecular complexity index is 869. The molecule has 23 heavy (non-hydrogen) atoms. The Labute approximate surface area is 128 Å². The van der Waals surface area contributed by atoms with E-state index in [0.29, 0.717) is 11.4 Å². The Hall–Kier alpha value is -3.56. The Morgan fingerprint density at radius 1 is 1.17 bits per heavy atom. The molecule has 0 radical (unpaired) electrons. The van der Waals surface area contributed by atoms with Crippen molar-refractivity contribution in [1.82, 2.24) is 4.57 Å². The molecule has 3 rings (SSSR count). The molecule has 0 saturated carbocycles. The second-order valence-electron chi connectivity index (χ2n) is 4.72. The Morgan fingerprint density at radius 3 is 2.65 bits per heavy atom. The van der Waals surface area contributed by atoms with Gasteiger partial charge in [-0.2, -0.15) is 5.10 Å².